The van der Waals surface area contributed by atoms with Crippen molar-refractivity contribution in [1.82, 2.24) is 5.32 Å². The van der Waals surface area contributed by atoms with Gasteiger partial charge in [-0.3, -0.25) is 0 Å². The van der Waals surface area contributed by atoms with Gasteiger partial charge in [0, 0.05) is 24.4 Å². The van der Waals surface area contributed by atoms with Gasteiger partial charge in [0.15, 0.2) is 0 Å². The molecule has 0 radical (unpaired) electrons. The number of rotatable bonds is 5. The Labute approximate surface area is 194 Å². The highest BCUT2D eigenvalue weighted by Gasteiger charge is 2.44. The van der Waals surface area contributed by atoms with E-state index in [1.54, 1.807) is 0 Å². The summed E-state index contributed by atoms with van der Waals surface area (Å²) in [6, 6.07) is 26.9. The molecule has 1 saturated carbocycles. The average Bonchev–Trinajstić information content (AvgIpc) is 3.60. The highest BCUT2D eigenvalue weighted by Crippen LogP contribution is 2.47. The van der Waals surface area contributed by atoms with Crippen molar-refractivity contribution in [3.05, 3.63) is 95.1 Å². The Hall–Kier alpha value is -4.02. The van der Waals surface area contributed by atoms with Crippen LogP contribution in [0.1, 0.15) is 47.4 Å². The maximum absolute atomic E-state index is 12.2. The van der Waals surface area contributed by atoms with E-state index in [0.717, 1.165) is 24.0 Å². The monoisotopic (exact) mass is 432 g/mol. The number of benzene rings is 3. The third-order valence-electron chi connectivity index (χ3n) is 6.47. The highest BCUT2D eigenvalue weighted by atomic mass is 16.5. The molecule has 0 heterocycles. The molecule has 0 bridgehead atoms. The molecule has 0 atom stereocenters. The minimum atomic E-state index is -0.426. The summed E-state index contributed by atoms with van der Waals surface area (Å²) in [5.74, 6) is 6.28. The molecule has 2 aliphatic carbocycles. The second-order valence-corrected chi connectivity index (χ2v) is 8.58. The average molecular weight is 433 g/mol. The highest BCUT2D eigenvalue weighted by molar-refractivity contribution is 5.79. The van der Waals surface area contributed by atoms with Crippen LogP contribution in [0.15, 0.2) is 72.8 Å². The largest absolute Gasteiger partial charge is 0.449 e. The molecule has 3 aromatic carbocycles. The number of nitrogens with zero attached hydrogens (tertiary/aromatic N) is 1. The van der Waals surface area contributed by atoms with Crippen molar-refractivity contribution in [2.75, 3.05) is 13.2 Å². The van der Waals surface area contributed by atoms with Gasteiger partial charge in [-0.1, -0.05) is 72.5 Å². The number of alkyl carbamates (subject to hydrolysis) is 1. The molecule has 0 aliphatic heterocycles. The molecule has 4 heteroatoms. The molecule has 5 rings (SSSR count). The van der Waals surface area contributed by atoms with Gasteiger partial charge in [0.2, 0.25) is 0 Å². The molecule has 33 heavy (non-hydrogen) atoms. The first-order valence-corrected chi connectivity index (χ1v) is 11.3. The van der Waals surface area contributed by atoms with E-state index in [4.69, 9.17) is 4.74 Å². The summed E-state index contributed by atoms with van der Waals surface area (Å²) in [5, 5.41) is 12.2. The second kappa shape index (κ2) is 8.85. The summed E-state index contributed by atoms with van der Waals surface area (Å²) in [4.78, 5) is 12.2. The third-order valence-corrected chi connectivity index (χ3v) is 6.47. The SMILES string of the molecule is N#CC1(c2cccc(C#CCCNC(=O)OCC3c4ccccc4-c4ccccc43)c2)CC1. The van der Waals surface area contributed by atoms with Gasteiger partial charge in [0.1, 0.15) is 6.61 Å². The Kier molecular flexibility index (Phi) is 5.59. The van der Waals surface area contributed by atoms with Gasteiger partial charge in [0.25, 0.3) is 0 Å². The molecule has 3 aromatic rings. The van der Waals surface area contributed by atoms with Crippen LogP contribution < -0.4 is 5.32 Å². The lowest BCUT2D eigenvalue weighted by atomic mass is 9.96. The Morgan fingerprint density at radius 3 is 2.36 bits per heavy atom. The lowest BCUT2D eigenvalue weighted by molar-refractivity contribution is 0.143. The number of nitrogens with one attached hydrogen (secondary N) is 1. The van der Waals surface area contributed by atoms with Crippen LogP contribution in [0.4, 0.5) is 4.79 Å². The third kappa shape index (κ3) is 4.21. The van der Waals surface area contributed by atoms with Crippen molar-refractivity contribution in [2.24, 2.45) is 0 Å². The van der Waals surface area contributed by atoms with E-state index in [2.05, 4.69) is 47.5 Å². The summed E-state index contributed by atoms with van der Waals surface area (Å²) in [6.45, 7) is 0.727. The standard InChI is InChI=1S/C29H24N2O2/c30-20-29(15-16-29)22-10-7-9-21(18-22)8-5-6-17-31-28(32)33-19-27-25-13-3-1-11-23(25)24-12-2-4-14-26(24)27/h1-4,7,9-14,18,27H,6,15-17,19H2,(H,31,32). The van der Waals surface area contributed by atoms with Crippen molar-refractivity contribution < 1.29 is 9.53 Å². The predicted octanol–water partition coefficient (Wildman–Crippen LogP) is 5.52. The zero-order valence-corrected chi connectivity index (χ0v) is 18.3. The Morgan fingerprint density at radius 1 is 1.00 bits per heavy atom. The Balaban J connectivity index is 1.12. The first kappa shape index (κ1) is 20.9. The van der Waals surface area contributed by atoms with Gasteiger partial charge in [-0.2, -0.15) is 5.26 Å². The quantitative estimate of drug-likeness (QED) is 0.426. The number of carbonyl (C=O) groups excluding carboxylic acids is 1. The van der Waals surface area contributed by atoms with Crippen LogP contribution in [-0.2, 0) is 10.2 Å². The normalized spacial score (nSPS) is 14.8. The number of fused-ring (bicyclic) bond motifs is 3. The molecule has 0 saturated heterocycles. The molecule has 1 amide bonds. The van der Waals surface area contributed by atoms with Gasteiger partial charge in [-0.05, 0) is 52.8 Å². The topological polar surface area (TPSA) is 62.1 Å². The number of ether oxygens (including phenoxy) is 1. The van der Waals surface area contributed by atoms with E-state index in [1.165, 1.54) is 22.3 Å². The summed E-state index contributed by atoms with van der Waals surface area (Å²) in [5.41, 5.74) is 6.47. The van der Waals surface area contributed by atoms with Crippen molar-refractivity contribution in [3.8, 4) is 29.0 Å². The van der Waals surface area contributed by atoms with Crippen LogP contribution in [-0.4, -0.2) is 19.2 Å². The summed E-state index contributed by atoms with van der Waals surface area (Å²) in [7, 11) is 0. The zero-order valence-electron chi connectivity index (χ0n) is 18.3. The molecule has 1 N–H and O–H groups in total. The number of hydrogen-bond acceptors (Lipinski definition) is 3. The number of hydrogen-bond donors (Lipinski definition) is 1. The number of amides is 1. The predicted molar refractivity (Wildman–Crippen MR) is 128 cm³/mol. The number of nitriles is 1. The number of carbonyl (C=O) groups is 1. The second-order valence-electron chi connectivity index (χ2n) is 8.58. The summed E-state index contributed by atoms with van der Waals surface area (Å²) in [6.07, 6.45) is 1.94. The fraction of sp³-hybridized carbons (Fsp3) is 0.241. The summed E-state index contributed by atoms with van der Waals surface area (Å²) < 4.78 is 5.55. The van der Waals surface area contributed by atoms with Crippen LogP contribution in [0.25, 0.3) is 11.1 Å². The van der Waals surface area contributed by atoms with Gasteiger partial charge < -0.3 is 10.1 Å². The van der Waals surface area contributed by atoms with Crippen LogP contribution in [0, 0.1) is 23.2 Å². The maximum atomic E-state index is 12.2. The van der Waals surface area contributed by atoms with E-state index in [9.17, 15) is 10.1 Å². The van der Waals surface area contributed by atoms with Crippen molar-refractivity contribution in [2.45, 2.75) is 30.6 Å². The molecule has 2 aliphatic rings. The molecular formula is C29H24N2O2. The molecular weight excluding hydrogens is 408 g/mol. The molecule has 0 spiro atoms. The van der Waals surface area contributed by atoms with E-state index in [1.807, 2.05) is 48.5 Å². The smallest absolute Gasteiger partial charge is 0.407 e. The Morgan fingerprint density at radius 2 is 1.70 bits per heavy atom. The Bertz CT molecular complexity index is 1260. The van der Waals surface area contributed by atoms with Gasteiger partial charge in [-0.25, -0.2) is 4.79 Å². The minimum Gasteiger partial charge on any atom is -0.449 e. The molecule has 1 fully saturated rings. The van der Waals surface area contributed by atoms with E-state index in [-0.39, 0.29) is 11.3 Å². The molecule has 4 nitrogen and oxygen atoms in total. The van der Waals surface area contributed by atoms with Gasteiger partial charge in [-0.15, -0.1) is 0 Å². The maximum Gasteiger partial charge on any atom is 0.407 e. The lowest BCUT2D eigenvalue weighted by Crippen LogP contribution is -2.26. The lowest BCUT2D eigenvalue weighted by Gasteiger charge is -2.14. The minimum absolute atomic E-state index is 0.0541. The zero-order chi connectivity index (χ0) is 22.7. The molecule has 0 unspecified atom stereocenters. The molecule has 162 valence electrons. The molecule has 0 aromatic heterocycles. The van der Waals surface area contributed by atoms with Crippen LogP contribution in [0.2, 0.25) is 0 Å². The van der Waals surface area contributed by atoms with Crippen LogP contribution in [0.5, 0.6) is 0 Å². The first-order valence-electron chi connectivity index (χ1n) is 11.3. The van der Waals surface area contributed by atoms with Crippen LogP contribution in [0.3, 0.4) is 0 Å². The van der Waals surface area contributed by atoms with E-state index < -0.39 is 6.09 Å². The van der Waals surface area contributed by atoms with Crippen LogP contribution >= 0.6 is 0 Å². The fourth-order valence-corrected chi connectivity index (χ4v) is 4.53. The van der Waals surface area contributed by atoms with Gasteiger partial charge >= 0.3 is 6.09 Å². The van der Waals surface area contributed by atoms with E-state index in [0.29, 0.717) is 19.6 Å². The van der Waals surface area contributed by atoms with Crippen molar-refractivity contribution in [1.29, 1.82) is 5.26 Å². The van der Waals surface area contributed by atoms with E-state index >= 15 is 0 Å². The van der Waals surface area contributed by atoms with Crippen molar-refractivity contribution in [3.63, 3.8) is 0 Å². The first-order chi connectivity index (χ1) is 16.2. The fourth-order valence-electron chi connectivity index (χ4n) is 4.53. The van der Waals surface area contributed by atoms with Gasteiger partial charge in [0.05, 0.1) is 11.5 Å². The van der Waals surface area contributed by atoms with Crippen molar-refractivity contribution >= 4 is 6.09 Å². The summed E-state index contributed by atoms with van der Waals surface area (Å²) >= 11 is 0.